The minimum atomic E-state index is -3.50. The fraction of sp³-hybridized carbons (Fsp3) is 0.500. The first-order valence-corrected chi connectivity index (χ1v) is 9.03. The van der Waals surface area contributed by atoms with E-state index in [0.29, 0.717) is 18.8 Å². The maximum Gasteiger partial charge on any atom is 0.246 e. The maximum absolute atomic E-state index is 12.6. The number of sulfonamides is 1. The summed E-state index contributed by atoms with van der Waals surface area (Å²) >= 11 is 7.55. The molecule has 1 saturated heterocycles. The molecule has 0 aromatic heterocycles. The van der Waals surface area contributed by atoms with Crippen molar-refractivity contribution < 1.29 is 13.2 Å². The molecule has 1 aliphatic rings. The Kier molecular flexibility index (Phi) is 5.00. The number of alkyl halides is 1. The quantitative estimate of drug-likeness (QED) is 0.797. The zero-order chi connectivity index (χ0) is 13.9. The standard InChI is InChI=1S/C12H16ClNO3S2/c1-17-11-3-2-10(9-13)8-12(11)19(15,16)14-4-6-18-7-5-14/h2-3,8H,4-7,9H2,1H3. The Bertz CT molecular complexity index is 542. The summed E-state index contributed by atoms with van der Waals surface area (Å²) in [7, 11) is -2.03. The second kappa shape index (κ2) is 6.35. The molecule has 1 heterocycles. The van der Waals surface area contributed by atoms with Crippen molar-refractivity contribution in [3.8, 4) is 5.75 Å². The zero-order valence-corrected chi connectivity index (χ0v) is 13.0. The molecule has 2 rings (SSSR count). The van der Waals surface area contributed by atoms with E-state index >= 15 is 0 Å². The Morgan fingerprint density at radius 3 is 2.63 bits per heavy atom. The summed E-state index contributed by atoms with van der Waals surface area (Å²) in [6.45, 7) is 1.09. The summed E-state index contributed by atoms with van der Waals surface area (Å²) in [6, 6.07) is 5.03. The van der Waals surface area contributed by atoms with E-state index in [-0.39, 0.29) is 10.8 Å². The van der Waals surface area contributed by atoms with Gasteiger partial charge in [0.25, 0.3) is 0 Å². The molecular formula is C12H16ClNO3S2. The van der Waals surface area contributed by atoms with Crippen molar-refractivity contribution in [2.45, 2.75) is 10.8 Å². The van der Waals surface area contributed by atoms with E-state index in [1.165, 1.54) is 11.4 Å². The second-order valence-electron chi connectivity index (χ2n) is 4.14. The number of methoxy groups -OCH3 is 1. The van der Waals surface area contributed by atoms with Crippen LogP contribution in [0.15, 0.2) is 23.1 Å². The van der Waals surface area contributed by atoms with Crippen LogP contribution in [0.2, 0.25) is 0 Å². The zero-order valence-electron chi connectivity index (χ0n) is 10.6. The predicted octanol–water partition coefficient (Wildman–Crippen LogP) is 2.17. The van der Waals surface area contributed by atoms with E-state index in [4.69, 9.17) is 16.3 Å². The number of nitrogens with zero attached hydrogens (tertiary/aromatic N) is 1. The molecule has 0 bridgehead atoms. The largest absolute Gasteiger partial charge is 0.495 e. The molecule has 0 aliphatic carbocycles. The molecule has 4 nitrogen and oxygen atoms in total. The third-order valence-corrected chi connectivity index (χ3v) is 6.14. The van der Waals surface area contributed by atoms with E-state index in [1.807, 2.05) is 0 Å². The number of benzene rings is 1. The van der Waals surface area contributed by atoms with Crippen LogP contribution in [0.25, 0.3) is 0 Å². The maximum atomic E-state index is 12.6. The Hall–Kier alpha value is -0.430. The Morgan fingerprint density at radius 2 is 2.05 bits per heavy atom. The molecule has 7 heteroatoms. The Balaban J connectivity index is 2.43. The molecule has 0 unspecified atom stereocenters. The van der Waals surface area contributed by atoms with Gasteiger partial charge in [0.2, 0.25) is 10.0 Å². The summed E-state index contributed by atoms with van der Waals surface area (Å²) in [6.07, 6.45) is 0. The highest BCUT2D eigenvalue weighted by atomic mass is 35.5. The van der Waals surface area contributed by atoms with Gasteiger partial charge in [-0.15, -0.1) is 11.6 Å². The average molecular weight is 322 g/mol. The molecule has 106 valence electrons. The van der Waals surface area contributed by atoms with Crippen LogP contribution >= 0.6 is 23.4 Å². The summed E-state index contributed by atoms with van der Waals surface area (Å²) in [5, 5.41) is 0. The van der Waals surface area contributed by atoms with Crippen LogP contribution in [0, 0.1) is 0 Å². The van der Waals surface area contributed by atoms with Crippen molar-refractivity contribution in [1.29, 1.82) is 0 Å². The lowest BCUT2D eigenvalue weighted by Crippen LogP contribution is -2.38. The van der Waals surface area contributed by atoms with E-state index in [0.717, 1.165) is 17.1 Å². The van der Waals surface area contributed by atoms with Crippen molar-refractivity contribution in [2.75, 3.05) is 31.7 Å². The second-order valence-corrected chi connectivity index (χ2v) is 7.53. The van der Waals surface area contributed by atoms with Gasteiger partial charge in [-0.05, 0) is 17.7 Å². The van der Waals surface area contributed by atoms with E-state index in [9.17, 15) is 8.42 Å². The summed E-state index contributed by atoms with van der Waals surface area (Å²) in [5.74, 6) is 2.31. The number of rotatable bonds is 4. The van der Waals surface area contributed by atoms with Gasteiger partial charge in [0, 0.05) is 30.5 Å². The van der Waals surface area contributed by atoms with Crippen LogP contribution in [0.3, 0.4) is 0 Å². The molecule has 0 N–H and O–H groups in total. The van der Waals surface area contributed by atoms with Gasteiger partial charge in [0.05, 0.1) is 7.11 Å². The highest BCUT2D eigenvalue weighted by molar-refractivity contribution is 7.99. The van der Waals surface area contributed by atoms with Crippen molar-refractivity contribution in [3.05, 3.63) is 23.8 Å². The fourth-order valence-electron chi connectivity index (χ4n) is 1.93. The number of hydrogen-bond donors (Lipinski definition) is 0. The van der Waals surface area contributed by atoms with Gasteiger partial charge in [-0.25, -0.2) is 8.42 Å². The lowest BCUT2D eigenvalue weighted by molar-refractivity contribution is 0.395. The third kappa shape index (κ3) is 3.18. The van der Waals surface area contributed by atoms with Gasteiger partial charge in [0.15, 0.2) is 0 Å². The van der Waals surface area contributed by atoms with Gasteiger partial charge in [-0.2, -0.15) is 16.1 Å². The van der Waals surface area contributed by atoms with Crippen LogP contribution in [0.5, 0.6) is 5.75 Å². The van der Waals surface area contributed by atoms with Crippen molar-refractivity contribution in [2.24, 2.45) is 0 Å². The molecule has 1 aromatic carbocycles. The number of hydrogen-bond acceptors (Lipinski definition) is 4. The number of thioether (sulfide) groups is 1. The lowest BCUT2D eigenvalue weighted by atomic mass is 10.2. The summed E-state index contributed by atoms with van der Waals surface area (Å²) in [4.78, 5) is 0.208. The summed E-state index contributed by atoms with van der Waals surface area (Å²) in [5.41, 5.74) is 0.771. The predicted molar refractivity (Wildman–Crippen MR) is 78.6 cm³/mol. The SMILES string of the molecule is COc1ccc(CCl)cc1S(=O)(=O)N1CCSCC1. The van der Waals surface area contributed by atoms with Gasteiger partial charge < -0.3 is 4.74 Å². The average Bonchev–Trinajstić information content (AvgIpc) is 2.47. The lowest BCUT2D eigenvalue weighted by Gasteiger charge is -2.26. The Labute approximate surface area is 123 Å². The first-order chi connectivity index (χ1) is 9.09. The normalized spacial score (nSPS) is 17.4. The highest BCUT2D eigenvalue weighted by Crippen LogP contribution is 2.29. The van der Waals surface area contributed by atoms with Gasteiger partial charge >= 0.3 is 0 Å². The topological polar surface area (TPSA) is 46.6 Å². The van der Waals surface area contributed by atoms with E-state index < -0.39 is 10.0 Å². The molecule has 0 spiro atoms. The van der Waals surface area contributed by atoms with Crippen LogP contribution in [0.4, 0.5) is 0 Å². The number of halogens is 1. The fourth-order valence-corrected chi connectivity index (χ4v) is 4.88. The smallest absolute Gasteiger partial charge is 0.246 e. The number of ether oxygens (including phenoxy) is 1. The van der Waals surface area contributed by atoms with Crippen molar-refractivity contribution >= 4 is 33.4 Å². The molecule has 0 atom stereocenters. The molecule has 19 heavy (non-hydrogen) atoms. The minimum Gasteiger partial charge on any atom is -0.495 e. The monoisotopic (exact) mass is 321 g/mol. The van der Waals surface area contributed by atoms with E-state index in [1.54, 1.807) is 30.0 Å². The first kappa shape index (κ1) is 15.0. The molecular weight excluding hydrogens is 306 g/mol. The highest BCUT2D eigenvalue weighted by Gasteiger charge is 2.29. The molecule has 0 radical (unpaired) electrons. The molecule has 0 amide bonds. The van der Waals surface area contributed by atoms with Crippen LogP contribution < -0.4 is 4.74 Å². The van der Waals surface area contributed by atoms with Crippen LogP contribution in [0.1, 0.15) is 5.56 Å². The molecule has 1 aliphatic heterocycles. The molecule has 1 fully saturated rings. The van der Waals surface area contributed by atoms with Gasteiger partial charge in [-0.1, -0.05) is 6.07 Å². The Morgan fingerprint density at radius 1 is 1.37 bits per heavy atom. The third-order valence-electron chi connectivity index (χ3n) is 2.97. The minimum absolute atomic E-state index is 0.208. The van der Waals surface area contributed by atoms with Gasteiger partial charge in [0.1, 0.15) is 10.6 Å². The first-order valence-electron chi connectivity index (χ1n) is 5.90. The molecule has 1 aromatic rings. The van der Waals surface area contributed by atoms with Crippen molar-refractivity contribution in [3.63, 3.8) is 0 Å². The molecule has 0 saturated carbocycles. The van der Waals surface area contributed by atoms with Crippen molar-refractivity contribution in [1.82, 2.24) is 4.31 Å². The van der Waals surface area contributed by atoms with Gasteiger partial charge in [-0.3, -0.25) is 0 Å². The van der Waals surface area contributed by atoms with E-state index in [2.05, 4.69) is 0 Å². The van der Waals surface area contributed by atoms with Crippen LogP contribution in [-0.4, -0.2) is 44.4 Å². The summed E-state index contributed by atoms with van der Waals surface area (Å²) < 4.78 is 31.9. The van der Waals surface area contributed by atoms with Crippen LogP contribution in [-0.2, 0) is 15.9 Å².